The molecule has 3 nitrogen and oxygen atoms in total. The van der Waals surface area contributed by atoms with E-state index in [1.807, 2.05) is 18.2 Å². The minimum atomic E-state index is -0.178. The Balaban J connectivity index is 1.90. The van der Waals surface area contributed by atoms with Crippen LogP contribution in [-0.2, 0) is 6.42 Å². The molecule has 1 saturated heterocycles. The summed E-state index contributed by atoms with van der Waals surface area (Å²) >= 11 is 0. The fraction of sp³-hybridized carbons (Fsp3) is 0.562. The summed E-state index contributed by atoms with van der Waals surface area (Å²) in [6.45, 7) is 4.69. The first-order valence-electron chi connectivity index (χ1n) is 7.26. The Bertz CT molecular complexity index is 490. The van der Waals surface area contributed by atoms with Gasteiger partial charge in [0.15, 0.2) is 5.78 Å². The first-order valence-corrected chi connectivity index (χ1v) is 7.26. The van der Waals surface area contributed by atoms with Gasteiger partial charge in [0.2, 0.25) is 0 Å². The van der Waals surface area contributed by atoms with Crippen LogP contribution in [0.3, 0.4) is 0 Å². The molecule has 1 N–H and O–H groups in total. The van der Waals surface area contributed by atoms with Crippen molar-refractivity contribution in [2.75, 3.05) is 19.7 Å². The highest BCUT2D eigenvalue weighted by Gasteiger charge is 2.40. The van der Waals surface area contributed by atoms with Gasteiger partial charge in [-0.25, -0.2) is 0 Å². The van der Waals surface area contributed by atoms with Crippen molar-refractivity contribution in [3.05, 3.63) is 29.3 Å². The fourth-order valence-corrected chi connectivity index (χ4v) is 3.38. The Morgan fingerprint density at radius 1 is 1.47 bits per heavy atom. The van der Waals surface area contributed by atoms with Crippen LogP contribution in [0.1, 0.15) is 42.1 Å². The SMILES string of the molecule is CCCC1(C(=O)c2ccc3c(c2)CCO3)CCNC1. The molecule has 0 saturated carbocycles. The topological polar surface area (TPSA) is 38.3 Å². The highest BCUT2D eigenvalue weighted by atomic mass is 16.5. The van der Waals surface area contributed by atoms with Gasteiger partial charge in [-0.05, 0) is 43.1 Å². The van der Waals surface area contributed by atoms with Gasteiger partial charge in [-0.3, -0.25) is 4.79 Å². The molecule has 19 heavy (non-hydrogen) atoms. The van der Waals surface area contributed by atoms with Crippen LogP contribution in [0.2, 0.25) is 0 Å². The van der Waals surface area contributed by atoms with Crippen molar-refractivity contribution in [1.82, 2.24) is 5.32 Å². The Labute approximate surface area is 114 Å². The summed E-state index contributed by atoms with van der Waals surface area (Å²) in [6.07, 6.45) is 3.93. The predicted molar refractivity (Wildman–Crippen MR) is 74.8 cm³/mol. The lowest BCUT2D eigenvalue weighted by Gasteiger charge is -2.26. The lowest BCUT2D eigenvalue weighted by molar-refractivity contribution is 0.0801. The van der Waals surface area contributed by atoms with Gasteiger partial charge in [0, 0.05) is 23.9 Å². The third-order valence-corrected chi connectivity index (χ3v) is 4.41. The summed E-state index contributed by atoms with van der Waals surface area (Å²) in [6, 6.07) is 5.93. The van der Waals surface area contributed by atoms with Crippen molar-refractivity contribution in [1.29, 1.82) is 0 Å². The van der Waals surface area contributed by atoms with Crippen LogP contribution in [0.5, 0.6) is 5.75 Å². The van der Waals surface area contributed by atoms with E-state index in [4.69, 9.17) is 4.74 Å². The Hall–Kier alpha value is -1.35. The quantitative estimate of drug-likeness (QED) is 0.845. The highest BCUT2D eigenvalue weighted by molar-refractivity contribution is 6.01. The molecule has 0 aromatic heterocycles. The molecule has 1 aromatic carbocycles. The maximum absolute atomic E-state index is 12.9. The molecule has 1 aromatic rings. The van der Waals surface area contributed by atoms with Crippen LogP contribution in [0, 0.1) is 5.41 Å². The monoisotopic (exact) mass is 259 g/mol. The number of Topliss-reactive ketones (excluding diaryl/α,β-unsaturated/α-hetero) is 1. The molecular weight excluding hydrogens is 238 g/mol. The molecule has 0 amide bonds. The zero-order valence-corrected chi connectivity index (χ0v) is 11.5. The van der Waals surface area contributed by atoms with Crippen LogP contribution in [-0.4, -0.2) is 25.5 Å². The van der Waals surface area contributed by atoms with Gasteiger partial charge < -0.3 is 10.1 Å². The van der Waals surface area contributed by atoms with E-state index in [1.54, 1.807) is 0 Å². The highest BCUT2D eigenvalue weighted by Crippen LogP contribution is 2.36. The third kappa shape index (κ3) is 2.16. The first kappa shape index (κ1) is 12.7. The lowest BCUT2D eigenvalue weighted by Crippen LogP contribution is -2.33. The molecule has 2 aliphatic rings. The van der Waals surface area contributed by atoms with E-state index in [2.05, 4.69) is 12.2 Å². The number of ketones is 1. The van der Waals surface area contributed by atoms with Crippen molar-refractivity contribution in [3.8, 4) is 5.75 Å². The zero-order chi connectivity index (χ0) is 13.3. The summed E-state index contributed by atoms with van der Waals surface area (Å²) in [5.74, 6) is 1.26. The van der Waals surface area contributed by atoms with Gasteiger partial charge in [0.05, 0.1) is 6.61 Å². The average molecular weight is 259 g/mol. The first-order chi connectivity index (χ1) is 9.25. The standard InChI is InChI=1S/C16H21NO2/c1-2-6-16(7-8-17-11-16)15(18)13-3-4-14-12(10-13)5-9-19-14/h3-4,10,17H,2,5-9,11H2,1H3. The van der Waals surface area contributed by atoms with Gasteiger partial charge in [0.1, 0.15) is 5.75 Å². The number of carbonyl (C=O) groups excluding carboxylic acids is 1. The maximum atomic E-state index is 12.9. The molecule has 1 atom stereocenters. The molecule has 1 unspecified atom stereocenters. The van der Waals surface area contributed by atoms with Crippen molar-refractivity contribution in [2.24, 2.45) is 5.41 Å². The number of hydrogen-bond donors (Lipinski definition) is 1. The second-order valence-corrected chi connectivity index (χ2v) is 5.71. The van der Waals surface area contributed by atoms with E-state index in [-0.39, 0.29) is 5.41 Å². The van der Waals surface area contributed by atoms with E-state index in [0.717, 1.165) is 56.7 Å². The minimum absolute atomic E-state index is 0.178. The van der Waals surface area contributed by atoms with Gasteiger partial charge >= 0.3 is 0 Å². The van der Waals surface area contributed by atoms with E-state index in [0.29, 0.717) is 5.78 Å². The molecule has 3 rings (SSSR count). The largest absolute Gasteiger partial charge is 0.493 e. The number of nitrogens with one attached hydrogen (secondary N) is 1. The number of benzene rings is 1. The molecule has 2 heterocycles. The molecule has 3 heteroatoms. The molecular formula is C16H21NO2. The molecule has 0 aliphatic carbocycles. The van der Waals surface area contributed by atoms with E-state index in [9.17, 15) is 4.79 Å². The van der Waals surface area contributed by atoms with Crippen LogP contribution in [0.4, 0.5) is 0 Å². The predicted octanol–water partition coefficient (Wildman–Crippen LogP) is 2.58. The maximum Gasteiger partial charge on any atom is 0.170 e. The van der Waals surface area contributed by atoms with Crippen molar-refractivity contribution in [3.63, 3.8) is 0 Å². The molecule has 2 aliphatic heterocycles. The van der Waals surface area contributed by atoms with E-state index in [1.165, 1.54) is 5.56 Å². The number of hydrogen-bond acceptors (Lipinski definition) is 3. The van der Waals surface area contributed by atoms with Crippen molar-refractivity contribution >= 4 is 5.78 Å². The number of ether oxygens (including phenoxy) is 1. The number of carbonyl (C=O) groups is 1. The van der Waals surface area contributed by atoms with Crippen LogP contribution < -0.4 is 10.1 Å². The van der Waals surface area contributed by atoms with Crippen molar-refractivity contribution < 1.29 is 9.53 Å². The molecule has 0 spiro atoms. The van der Waals surface area contributed by atoms with E-state index >= 15 is 0 Å². The fourth-order valence-electron chi connectivity index (χ4n) is 3.38. The van der Waals surface area contributed by atoms with Crippen LogP contribution in [0.25, 0.3) is 0 Å². The molecule has 102 valence electrons. The smallest absolute Gasteiger partial charge is 0.170 e. The normalized spacial score (nSPS) is 25.1. The van der Waals surface area contributed by atoms with Gasteiger partial charge in [-0.1, -0.05) is 13.3 Å². The summed E-state index contributed by atoms with van der Waals surface area (Å²) in [5, 5.41) is 3.36. The molecule has 0 radical (unpaired) electrons. The molecule has 0 bridgehead atoms. The Kier molecular flexibility index (Phi) is 3.31. The zero-order valence-electron chi connectivity index (χ0n) is 11.5. The van der Waals surface area contributed by atoms with Gasteiger partial charge in [-0.15, -0.1) is 0 Å². The third-order valence-electron chi connectivity index (χ3n) is 4.41. The Morgan fingerprint density at radius 2 is 2.37 bits per heavy atom. The molecule has 1 fully saturated rings. The van der Waals surface area contributed by atoms with Gasteiger partial charge in [0.25, 0.3) is 0 Å². The summed E-state index contributed by atoms with van der Waals surface area (Å²) in [7, 11) is 0. The lowest BCUT2D eigenvalue weighted by atomic mass is 9.76. The van der Waals surface area contributed by atoms with Gasteiger partial charge in [-0.2, -0.15) is 0 Å². The summed E-state index contributed by atoms with van der Waals surface area (Å²) in [4.78, 5) is 12.9. The second kappa shape index (κ2) is 4.97. The summed E-state index contributed by atoms with van der Waals surface area (Å²) < 4.78 is 5.51. The van der Waals surface area contributed by atoms with Crippen molar-refractivity contribution in [2.45, 2.75) is 32.6 Å². The van der Waals surface area contributed by atoms with Crippen LogP contribution >= 0.6 is 0 Å². The Morgan fingerprint density at radius 3 is 3.11 bits per heavy atom. The van der Waals surface area contributed by atoms with Crippen LogP contribution in [0.15, 0.2) is 18.2 Å². The summed E-state index contributed by atoms with van der Waals surface area (Å²) in [5.41, 5.74) is 1.87. The average Bonchev–Trinajstić information content (AvgIpc) is 3.06. The second-order valence-electron chi connectivity index (χ2n) is 5.71. The number of fused-ring (bicyclic) bond motifs is 1. The minimum Gasteiger partial charge on any atom is -0.493 e. The van der Waals surface area contributed by atoms with E-state index < -0.39 is 0 Å². The number of rotatable bonds is 4.